The van der Waals surface area contributed by atoms with Crippen LogP contribution in [0.2, 0.25) is 0 Å². The van der Waals surface area contributed by atoms with E-state index in [-0.39, 0.29) is 0 Å². The lowest BCUT2D eigenvalue weighted by Crippen LogP contribution is -2.49. The first-order valence-electron chi connectivity index (χ1n) is 10.5. The van der Waals surface area contributed by atoms with Crippen molar-refractivity contribution in [2.24, 2.45) is 22.7 Å². The van der Waals surface area contributed by atoms with Gasteiger partial charge in [0, 0.05) is 38.8 Å². The van der Waals surface area contributed by atoms with E-state index in [2.05, 4.69) is 20.5 Å². The van der Waals surface area contributed by atoms with Crippen LogP contribution in [0.5, 0.6) is 0 Å². The molecule has 1 heterocycles. The second-order valence-electron chi connectivity index (χ2n) is 8.78. The zero-order valence-electron chi connectivity index (χ0n) is 15.5. The maximum absolute atomic E-state index is 4.50. The quantitative estimate of drug-likeness (QED) is 0.600. The van der Waals surface area contributed by atoms with Gasteiger partial charge < -0.3 is 15.5 Å². The number of aliphatic imine (C=N–C) groups is 1. The minimum atomic E-state index is 0.610. The van der Waals surface area contributed by atoms with Crippen LogP contribution in [0.15, 0.2) is 4.99 Å². The van der Waals surface area contributed by atoms with Gasteiger partial charge in [-0.05, 0) is 49.9 Å². The molecule has 2 atom stereocenters. The molecule has 4 rings (SSSR count). The molecule has 4 heteroatoms. The molecular weight excluding hydrogens is 296 g/mol. The molecule has 4 nitrogen and oxygen atoms in total. The summed E-state index contributed by atoms with van der Waals surface area (Å²) in [7, 11) is 1.93. The van der Waals surface area contributed by atoms with Crippen LogP contribution in [0, 0.1) is 17.8 Å². The summed E-state index contributed by atoms with van der Waals surface area (Å²) in [6, 6.07) is 1.30. The summed E-state index contributed by atoms with van der Waals surface area (Å²) in [5, 5.41) is 7.42. The Morgan fingerprint density at radius 1 is 0.958 bits per heavy atom. The van der Waals surface area contributed by atoms with Crippen molar-refractivity contribution < 1.29 is 0 Å². The van der Waals surface area contributed by atoms with Gasteiger partial charge in [0.15, 0.2) is 5.96 Å². The molecule has 0 spiro atoms. The van der Waals surface area contributed by atoms with E-state index in [1.807, 2.05) is 7.05 Å². The van der Waals surface area contributed by atoms with E-state index in [1.165, 1.54) is 83.8 Å². The molecule has 0 bridgehead atoms. The minimum Gasteiger partial charge on any atom is -0.354 e. The van der Waals surface area contributed by atoms with E-state index in [1.54, 1.807) is 0 Å². The van der Waals surface area contributed by atoms with Crippen molar-refractivity contribution in [2.45, 2.75) is 76.3 Å². The van der Waals surface area contributed by atoms with E-state index in [9.17, 15) is 0 Å². The molecule has 3 aliphatic carbocycles. The standard InChI is InChI=1S/C20H36N4/c1-21-20(23-19-13-18(19)16-5-3-2-4-6-16)22-17-9-11-24(12-10-17)14-15-7-8-15/h15-19H,2-14H2,1H3,(H2,21,22,23). The zero-order valence-corrected chi connectivity index (χ0v) is 15.5. The van der Waals surface area contributed by atoms with Crippen LogP contribution in [0.4, 0.5) is 0 Å². The lowest BCUT2D eigenvalue weighted by atomic mass is 9.85. The summed E-state index contributed by atoms with van der Waals surface area (Å²) in [6.45, 7) is 3.88. The molecule has 3 saturated carbocycles. The first-order valence-corrected chi connectivity index (χ1v) is 10.5. The Bertz CT molecular complexity index is 431. The molecule has 2 unspecified atom stereocenters. The van der Waals surface area contributed by atoms with Gasteiger partial charge in [-0.25, -0.2) is 0 Å². The van der Waals surface area contributed by atoms with Crippen molar-refractivity contribution in [3.05, 3.63) is 0 Å². The molecule has 1 aliphatic heterocycles. The third-order valence-corrected chi connectivity index (χ3v) is 6.78. The summed E-state index contributed by atoms with van der Waals surface area (Å²) in [4.78, 5) is 7.17. The van der Waals surface area contributed by atoms with Crippen molar-refractivity contribution in [3.8, 4) is 0 Å². The molecule has 2 N–H and O–H groups in total. The fourth-order valence-corrected chi connectivity index (χ4v) is 4.93. The molecule has 0 aromatic carbocycles. The Balaban J connectivity index is 1.17. The fourth-order valence-electron chi connectivity index (χ4n) is 4.93. The highest BCUT2D eigenvalue weighted by Crippen LogP contribution is 2.44. The number of guanidine groups is 1. The normalized spacial score (nSPS) is 33.5. The van der Waals surface area contributed by atoms with Crippen molar-refractivity contribution in [3.63, 3.8) is 0 Å². The second-order valence-corrected chi connectivity index (χ2v) is 8.78. The van der Waals surface area contributed by atoms with Crippen molar-refractivity contribution in [1.29, 1.82) is 0 Å². The molecule has 0 amide bonds. The number of piperidine rings is 1. The van der Waals surface area contributed by atoms with Crippen molar-refractivity contribution >= 4 is 5.96 Å². The summed E-state index contributed by atoms with van der Waals surface area (Å²) in [5.74, 6) is 3.98. The van der Waals surface area contributed by atoms with Crippen LogP contribution in [-0.2, 0) is 0 Å². The van der Waals surface area contributed by atoms with Gasteiger partial charge in [0.25, 0.3) is 0 Å². The van der Waals surface area contributed by atoms with E-state index in [4.69, 9.17) is 0 Å². The average molecular weight is 333 g/mol. The Kier molecular flexibility index (Phi) is 5.31. The highest BCUT2D eigenvalue weighted by molar-refractivity contribution is 5.80. The Hall–Kier alpha value is -0.770. The third-order valence-electron chi connectivity index (χ3n) is 6.78. The van der Waals surface area contributed by atoms with Crippen molar-refractivity contribution in [1.82, 2.24) is 15.5 Å². The van der Waals surface area contributed by atoms with Crippen LogP contribution in [0.3, 0.4) is 0 Å². The molecule has 4 fully saturated rings. The largest absolute Gasteiger partial charge is 0.354 e. The molecule has 1 saturated heterocycles. The first kappa shape index (κ1) is 16.7. The van der Waals surface area contributed by atoms with Crippen LogP contribution < -0.4 is 10.6 Å². The predicted molar refractivity (Wildman–Crippen MR) is 100 cm³/mol. The van der Waals surface area contributed by atoms with E-state index in [0.29, 0.717) is 12.1 Å². The lowest BCUT2D eigenvalue weighted by Gasteiger charge is -2.33. The van der Waals surface area contributed by atoms with Gasteiger partial charge >= 0.3 is 0 Å². The topological polar surface area (TPSA) is 39.7 Å². The van der Waals surface area contributed by atoms with Crippen LogP contribution in [0.1, 0.15) is 64.2 Å². The van der Waals surface area contributed by atoms with E-state index < -0.39 is 0 Å². The van der Waals surface area contributed by atoms with E-state index >= 15 is 0 Å². The Morgan fingerprint density at radius 3 is 2.38 bits per heavy atom. The number of nitrogens with one attached hydrogen (secondary N) is 2. The van der Waals surface area contributed by atoms with Gasteiger partial charge in [0.2, 0.25) is 0 Å². The highest BCUT2D eigenvalue weighted by Gasteiger charge is 2.43. The maximum Gasteiger partial charge on any atom is 0.191 e. The third kappa shape index (κ3) is 4.44. The lowest BCUT2D eigenvalue weighted by molar-refractivity contribution is 0.198. The Labute approximate surface area is 147 Å². The summed E-state index contributed by atoms with van der Waals surface area (Å²) < 4.78 is 0. The highest BCUT2D eigenvalue weighted by atomic mass is 15.2. The molecule has 136 valence electrons. The van der Waals surface area contributed by atoms with Gasteiger partial charge in [-0.3, -0.25) is 4.99 Å². The predicted octanol–water partition coefficient (Wildman–Crippen LogP) is 2.99. The second kappa shape index (κ2) is 7.63. The van der Waals surface area contributed by atoms with Crippen LogP contribution in [0.25, 0.3) is 0 Å². The monoisotopic (exact) mass is 332 g/mol. The van der Waals surface area contributed by atoms with Gasteiger partial charge in [0.1, 0.15) is 0 Å². The number of hydrogen-bond acceptors (Lipinski definition) is 2. The van der Waals surface area contributed by atoms with Gasteiger partial charge in [-0.2, -0.15) is 0 Å². The maximum atomic E-state index is 4.50. The molecule has 0 radical (unpaired) electrons. The molecule has 4 aliphatic rings. The summed E-state index contributed by atoms with van der Waals surface area (Å²) in [5.41, 5.74) is 0. The smallest absolute Gasteiger partial charge is 0.191 e. The summed E-state index contributed by atoms with van der Waals surface area (Å²) >= 11 is 0. The number of hydrogen-bond donors (Lipinski definition) is 2. The fraction of sp³-hybridized carbons (Fsp3) is 0.950. The molecule has 0 aromatic heterocycles. The van der Waals surface area contributed by atoms with Gasteiger partial charge in [-0.15, -0.1) is 0 Å². The van der Waals surface area contributed by atoms with E-state index in [0.717, 1.165) is 23.7 Å². The zero-order chi connectivity index (χ0) is 16.4. The summed E-state index contributed by atoms with van der Waals surface area (Å²) in [6.07, 6.45) is 14.2. The van der Waals surface area contributed by atoms with Gasteiger partial charge in [-0.1, -0.05) is 32.1 Å². The number of likely N-dealkylation sites (tertiary alicyclic amines) is 1. The SMILES string of the molecule is CN=C(NC1CCN(CC2CC2)CC1)NC1CC1C1CCCCC1. The average Bonchev–Trinajstić information content (AvgIpc) is 3.53. The van der Waals surface area contributed by atoms with Gasteiger partial charge in [0.05, 0.1) is 0 Å². The molecule has 0 aromatic rings. The first-order chi connectivity index (χ1) is 11.8. The Morgan fingerprint density at radius 2 is 1.71 bits per heavy atom. The molecular formula is C20H36N4. The minimum absolute atomic E-state index is 0.610. The van der Waals surface area contributed by atoms with Crippen molar-refractivity contribution in [2.75, 3.05) is 26.7 Å². The van der Waals surface area contributed by atoms with Crippen LogP contribution >= 0.6 is 0 Å². The number of rotatable bonds is 5. The number of nitrogens with zero attached hydrogens (tertiary/aromatic N) is 2. The molecule has 24 heavy (non-hydrogen) atoms. The van der Waals surface area contributed by atoms with Crippen LogP contribution in [-0.4, -0.2) is 49.6 Å².